The third kappa shape index (κ3) is 5.78. The molecule has 0 aliphatic heterocycles. The van der Waals surface area contributed by atoms with E-state index >= 15 is 0 Å². The van der Waals surface area contributed by atoms with Gasteiger partial charge in [-0.15, -0.1) is 0 Å². The SMILES string of the molecule is CCN(CC)C(=O)c1ccc(NC(=O)C[NH+](C)Cc2c(F)cccc2Cl)cc1. The van der Waals surface area contributed by atoms with Crippen LogP contribution in [0.4, 0.5) is 10.1 Å². The van der Waals surface area contributed by atoms with E-state index in [4.69, 9.17) is 11.6 Å². The molecule has 0 aromatic heterocycles. The van der Waals surface area contributed by atoms with Crippen LogP contribution in [0, 0.1) is 5.82 Å². The molecule has 2 aromatic rings. The fourth-order valence-corrected chi connectivity index (χ4v) is 3.16. The molecule has 2 rings (SSSR count). The van der Waals surface area contributed by atoms with Gasteiger partial charge in [0.05, 0.1) is 17.6 Å². The second-order valence-corrected chi connectivity index (χ2v) is 7.02. The predicted octanol–water partition coefficient (Wildman–Crippen LogP) is 2.61. The first kappa shape index (κ1) is 21.9. The number of quaternary nitrogens is 1. The average molecular weight is 407 g/mol. The number of amides is 2. The summed E-state index contributed by atoms with van der Waals surface area (Å²) in [6, 6.07) is 11.4. The van der Waals surface area contributed by atoms with Crippen LogP contribution in [0.2, 0.25) is 5.02 Å². The number of likely N-dealkylation sites (N-methyl/N-ethyl adjacent to an activating group) is 1. The predicted molar refractivity (Wildman–Crippen MR) is 109 cm³/mol. The van der Waals surface area contributed by atoms with Gasteiger partial charge in [0.25, 0.3) is 11.8 Å². The largest absolute Gasteiger partial charge is 0.339 e. The lowest BCUT2D eigenvalue weighted by atomic mass is 10.1. The van der Waals surface area contributed by atoms with Gasteiger partial charge in [-0.05, 0) is 50.2 Å². The minimum Gasteiger partial charge on any atom is -0.339 e. The van der Waals surface area contributed by atoms with Crippen LogP contribution in [0.5, 0.6) is 0 Å². The van der Waals surface area contributed by atoms with Crippen LogP contribution in [-0.2, 0) is 11.3 Å². The molecule has 5 nitrogen and oxygen atoms in total. The molecule has 0 fully saturated rings. The Balaban J connectivity index is 1.93. The number of nitrogens with zero attached hydrogens (tertiary/aromatic N) is 1. The molecule has 0 heterocycles. The lowest BCUT2D eigenvalue weighted by molar-refractivity contribution is -0.885. The highest BCUT2D eigenvalue weighted by Crippen LogP contribution is 2.17. The minimum atomic E-state index is -0.374. The van der Waals surface area contributed by atoms with Crippen molar-refractivity contribution < 1.29 is 18.9 Å². The lowest BCUT2D eigenvalue weighted by Gasteiger charge is -2.18. The molecule has 0 saturated carbocycles. The van der Waals surface area contributed by atoms with E-state index in [2.05, 4.69) is 5.32 Å². The molecule has 0 radical (unpaired) electrons. The minimum absolute atomic E-state index is 0.0335. The molecule has 0 bridgehead atoms. The first-order chi connectivity index (χ1) is 13.3. The van der Waals surface area contributed by atoms with Crippen molar-refractivity contribution in [2.24, 2.45) is 0 Å². The molecule has 2 aromatic carbocycles. The summed E-state index contributed by atoms with van der Waals surface area (Å²) in [5, 5.41) is 3.15. The number of carbonyl (C=O) groups excluding carboxylic acids is 2. The average Bonchev–Trinajstić information content (AvgIpc) is 2.66. The highest BCUT2D eigenvalue weighted by atomic mass is 35.5. The van der Waals surface area contributed by atoms with Crippen molar-refractivity contribution in [3.05, 3.63) is 64.4 Å². The fourth-order valence-electron chi connectivity index (χ4n) is 2.93. The van der Waals surface area contributed by atoms with Gasteiger partial charge in [-0.25, -0.2) is 4.39 Å². The number of halogens is 2. The van der Waals surface area contributed by atoms with Crippen LogP contribution < -0.4 is 10.2 Å². The van der Waals surface area contributed by atoms with Crippen LogP contribution in [-0.4, -0.2) is 43.4 Å². The van der Waals surface area contributed by atoms with Gasteiger partial charge in [-0.2, -0.15) is 0 Å². The van der Waals surface area contributed by atoms with E-state index in [1.54, 1.807) is 48.3 Å². The molecule has 2 N–H and O–H groups in total. The summed E-state index contributed by atoms with van der Waals surface area (Å²) in [5.41, 5.74) is 1.59. The summed E-state index contributed by atoms with van der Waals surface area (Å²) in [7, 11) is 1.80. The van der Waals surface area contributed by atoms with Crippen LogP contribution in [0.1, 0.15) is 29.8 Å². The summed E-state index contributed by atoms with van der Waals surface area (Å²) < 4.78 is 13.9. The summed E-state index contributed by atoms with van der Waals surface area (Å²) in [4.78, 5) is 27.1. The highest BCUT2D eigenvalue weighted by Gasteiger charge is 2.16. The summed E-state index contributed by atoms with van der Waals surface area (Å²) >= 11 is 6.04. The maximum Gasteiger partial charge on any atom is 0.279 e. The Bertz CT molecular complexity index is 803. The molecule has 7 heteroatoms. The maximum absolute atomic E-state index is 13.9. The highest BCUT2D eigenvalue weighted by molar-refractivity contribution is 6.31. The van der Waals surface area contributed by atoms with Crippen LogP contribution in [0.3, 0.4) is 0 Å². The normalized spacial score (nSPS) is 11.8. The molecular weight excluding hydrogens is 381 g/mol. The van der Waals surface area contributed by atoms with Crippen molar-refractivity contribution in [3.63, 3.8) is 0 Å². The first-order valence-corrected chi connectivity index (χ1v) is 9.66. The molecule has 0 aliphatic carbocycles. The van der Waals surface area contributed by atoms with Crippen molar-refractivity contribution >= 4 is 29.1 Å². The standard InChI is InChI=1S/C21H25ClFN3O2/c1-4-26(5-2)21(28)15-9-11-16(12-10-15)24-20(27)14-25(3)13-17-18(22)7-6-8-19(17)23/h6-12H,4-5,13-14H2,1-3H3,(H,24,27)/p+1. The smallest absolute Gasteiger partial charge is 0.279 e. The Morgan fingerprint density at radius 2 is 1.75 bits per heavy atom. The van der Waals surface area contributed by atoms with E-state index in [0.29, 0.717) is 41.5 Å². The molecule has 150 valence electrons. The number of hydrogen-bond acceptors (Lipinski definition) is 2. The van der Waals surface area contributed by atoms with E-state index in [-0.39, 0.29) is 24.2 Å². The summed E-state index contributed by atoms with van der Waals surface area (Å²) in [6.07, 6.45) is 0. The van der Waals surface area contributed by atoms with E-state index in [9.17, 15) is 14.0 Å². The third-order valence-electron chi connectivity index (χ3n) is 4.47. The van der Waals surface area contributed by atoms with Crippen molar-refractivity contribution in [3.8, 4) is 0 Å². The Morgan fingerprint density at radius 1 is 1.11 bits per heavy atom. The van der Waals surface area contributed by atoms with Gasteiger partial charge >= 0.3 is 0 Å². The van der Waals surface area contributed by atoms with Crippen LogP contribution >= 0.6 is 11.6 Å². The van der Waals surface area contributed by atoms with Crippen molar-refractivity contribution in [2.45, 2.75) is 20.4 Å². The lowest BCUT2D eigenvalue weighted by Crippen LogP contribution is -3.08. The molecule has 2 amide bonds. The molecular formula is C21H26ClFN3O2+. The quantitative estimate of drug-likeness (QED) is 0.708. The maximum atomic E-state index is 13.9. The molecule has 0 saturated heterocycles. The van der Waals surface area contributed by atoms with E-state index in [1.165, 1.54) is 6.07 Å². The number of hydrogen-bond donors (Lipinski definition) is 2. The number of anilines is 1. The van der Waals surface area contributed by atoms with E-state index in [0.717, 1.165) is 4.90 Å². The van der Waals surface area contributed by atoms with Gasteiger partial charge in [0.15, 0.2) is 6.54 Å². The molecule has 0 spiro atoms. The first-order valence-electron chi connectivity index (χ1n) is 9.29. The van der Waals surface area contributed by atoms with Gasteiger partial charge in [0.2, 0.25) is 0 Å². The molecule has 0 aliphatic rings. The number of carbonyl (C=O) groups is 2. The second-order valence-electron chi connectivity index (χ2n) is 6.61. The van der Waals surface area contributed by atoms with Crippen LogP contribution in [0.25, 0.3) is 0 Å². The van der Waals surface area contributed by atoms with E-state index in [1.807, 2.05) is 13.8 Å². The van der Waals surface area contributed by atoms with Gasteiger partial charge in [-0.3, -0.25) is 9.59 Å². The fraction of sp³-hybridized carbons (Fsp3) is 0.333. The number of benzene rings is 2. The Kier molecular flexibility index (Phi) is 7.96. The monoisotopic (exact) mass is 406 g/mol. The van der Waals surface area contributed by atoms with Gasteiger partial charge in [-0.1, -0.05) is 17.7 Å². The molecule has 28 heavy (non-hydrogen) atoms. The van der Waals surface area contributed by atoms with Crippen LogP contribution in [0.15, 0.2) is 42.5 Å². The summed E-state index contributed by atoms with van der Waals surface area (Å²) in [6.45, 7) is 5.62. The van der Waals surface area contributed by atoms with Crippen molar-refractivity contribution in [2.75, 3.05) is 32.0 Å². The third-order valence-corrected chi connectivity index (χ3v) is 4.82. The van der Waals surface area contributed by atoms with Gasteiger partial charge in [0.1, 0.15) is 12.4 Å². The Morgan fingerprint density at radius 3 is 2.32 bits per heavy atom. The summed E-state index contributed by atoms with van der Waals surface area (Å²) in [5.74, 6) is -0.609. The molecule has 1 unspecified atom stereocenters. The Labute approximate surface area is 170 Å². The van der Waals surface area contributed by atoms with Crippen molar-refractivity contribution in [1.82, 2.24) is 4.90 Å². The molecule has 1 atom stereocenters. The van der Waals surface area contributed by atoms with Crippen molar-refractivity contribution in [1.29, 1.82) is 0 Å². The topological polar surface area (TPSA) is 53.9 Å². The number of nitrogens with one attached hydrogen (secondary N) is 2. The van der Waals surface area contributed by atoms with Gasteiger partial charge in [0, 0.05) is 24.3 Å². The second kappa shape index (κ2) is 10.2. The Hall–Kier alpha value is -2.44. The number of rotatable bonds is 8. The zero-order valence-corrected chi connectivity index (χ0v) is 17.1. The zero-order chi connectivity index (χ0) is 20.7. The van der Waals surface area contributed by atoms with Gasteiger partial charge < -0.3 is 15.1 Å². The van der Waals surface area contributed by atoms with E-state index < -0.39 is 0 Å². The zero-order valence-electron chi connectivity index (χ0n) is 16.4.